The Kier molecular flexibility index (Phi) is 5.91. The van der Waals surface area contributed by atoms with Gasteiger partial charge in [-0.15, -0.1) is 0 Å². The van der Waals surface area contributed by atoms with Gasteiger partial charge < -0.3 is 11.1 Å². The third-order valence-corrected chi connectivity index (χ3v) is 3.34. The molecule has 0 aliphatic heterocycles. The van der Waals surface area contributed by atoms with Crippen LogP contribution in [0.1, 0.15) is 44.9 Å². The Balaban J connectivity index is 2.13. The molecule has 3 nitrogen and oxygen atoms in total. The Morgan fingerprint density at radius 3 is 2.50 bits per heavy atom. The molecule has 0 aromatic rings. The minimum atomic E-state index is -4.10. The van der Waals surface area contributed by atoms with E-state index in [4.69, 9.17) is 5.73 Å². The number of amides is 1. The summed E-state index contributed by atoms with van der Waals surface area (Å²) in [7, 11) is 0. The maximum absolute atomic E-state index is 11.9. The first-order valence-corrected chi connectivity index (χ1v) is 6.50. The summed E-state index contributed by atoms with van der Waals surface area (Å²) in [5.41, 5.74) is 5.86. The Bertz CT molecular complexity index is 269. The topological polar surface area (TPSA) is 55.1 Å². The average Bonchev–Trinajstić information content (AvgIpc) is 2.27. The number of carbonyl (C=O) groups excluding carboxylic acids is 1. The van der Waals surface area contributed by atoms with Gasteiger partial charge in [0.15, 0.2) is 0 Å². The van der Waals surface area contributed by atoms with Crippen LogP contribution in [0.25, 0.3) is 0 Å². The van der Waals surface area contributed by atoms with E-state index in [2.05, 4.69) is 5.32 Å². The predicted octanol–water partition coefficient (Wildman–Crippen LogP) is 2.35. The van der Waals surface area contributed by atoms with Gasteiger partial charge in [0.05, 0.1) is 5.92 Å². The summed E-state index contributed by atoms with van der Waals surface area (Å²) in [6.07, 6.45) is -0.784. The van der Waals surface area contributed by atoms with Crippen molar-refractivity contribution < 1.29 is 18.0 Å². The number of rotatable bonds is 5. The molecule has 106 valence electrons. The predicted molar refractivity (Wildman–Crippen MR) is 62.8 cm³/mol. The summed E-state index contributed by atoms with van der Waals surface area (Å²) in [5, 5.41) is 2.68. The summed E-state index contributed by atoms with van der Waals surface area (Å²) in [5.74, 6) is -0.268. The quantitative estimate of drug-likeness (QED) is 0.750. The molecule has 1 amide bonds. The van der Waals surface area contributed by atoms with E-state index in [1.807, 2.05) is 0 Å². The van der Waals surface area contributed by atoms with Crippen LogP contribution in [-0.4, -0.2) is 24.7 Å². The normalized spacial score (nSPS) is 24.9. The van der Waals surface area contributed by atoms with Gasteiger partial charge in [0.1, 0.15) is 0 Å². The Morgan fingerprint density at radius 1 is 1.22 bits per heavy atom. The van der Waals surface area contributed by atoms with Crippen molar-refractivity contribution in [1.29, 1.82) is 0 Å². The summed E-state index contributed by atoms with van der Waals surface area (Å²) >= 11 is 0. The van der Waals surface area contributed by atoms with Gasteiger partial charge in [-0.2, -0.15) is 13.2 Å². The van der Waals surface area contributed by atoms with Gasteiger partial charge >= 0.3 is 6.18 Å². The van der Waals surface area contributed by atoms with Crippen molar-refractivity contribution >= 4 is 5.91 Å². The minimum Gasteiger partial charge on any atom is -0.356 e. The summed E-state index contributed by atoms with van der Waals surface area (Å²) in [4.78, 5) is 11.8. The highest BCUT2D eigenvalue weighted by atomic mass is 19.4. The molecule has 3 N–H and O–H groups in total. The summed E-state index contributed by atoms with van der Waals surface area (Å²) in [6, 6.07) is -0.103. The van der Waals surface area contributed by atoms with Crippen molar-refractivity contribution in [3.8, 4) is 0 Å². The molecular weight excluding hydrogens is 245 g/mol. The zero-order chi connectivity index (χ0) is 13.6. The highest BCUT2D eigenvalue weighted by Crippen LogP contribution is 2.23. The molecular formula is C12H21F3N2O. The molecule has 0 saturated heterocycles. The average molecular weight is 266 g/mol. The minimum absolute atomic E-state index is 0.0561. The molecule has 0 aromatic heterocycles. The maximum atomic E-state index is 11.9. The van der Waals surface area contributed by atoms with Crippen molar-refractivity contribution in [3.05, 3.63) is 0 Å². The third kappa shape index (κ3) is 5.71. The lowest BCUT2D eigenvalue weighted by molar-refractivity contribution is -0.135. The molecule has 18 heavy (non-hydrogen) atoms. The first kappa shape index (κ1) is 15.3. The lowest BCUT2D eigenvalue weighted by atomic mass is 9.84. The van der Waals surface area contributed by atoms with Crippen LogP contribution in [0.3, 0.4) is 0 Å². The van der Waals surface area contributed by atoms with Gasteiger partial charge in [-0.1, -0.05) is 12.8 Å². The number of hydrogen-bond acceptors (Lipinski definition) is 2. The fourth-order valence-corrected chi connectivity index (χ4v) is 2.28. The van der Waals surface area contributed by atoms with Gasteiger partial charge in [-0.05, 0) is 25.7 Å². The molecule has 2 unspecified atom stereocenters. The van der Waals surface area contributed by atoms with Crippen LogP contribution in [0.15, 0.2) is 0 Å². The van der Waals surface area contributed by atoms with Gasteiger partial charge in [0.2, 0.25) is 5.91 Å². The van der Waals surface area contributed by atoms with Crippen LogP contribution >= 0.6 is 0 Å². The van der Waals surface area contributed by atoms with E-state index in [-0.39, 0.29) is 24.3 Å². The van der Waals surface area contributed by atoms with Crippen molar-refractivity contribution in [3.63, 3.8) is 0 Å². The summed E-state index contributed by atoms with van der Waals surface area (Å²) in [6.45, 7) is 0.304. The van der Waals surface area contributed by atoms with Crippen LogP contribution in [0, 0.1) is 5.92 Å². The van der Waals surface area contributed by atoms with E-state index in [1.165, 1.54) is 0 Å². The first-order chi connectivity index (χ1) is 8.40. The van der Waals surface area contributed by atoms with Crippen molar-refractivity contribution in [2.45, 2.75) is 57.2 Å². The van der Waals surface area contributed by atoms with Gasteiger partial charge in [0.25, 0.3) is 0 Å². The second-order valence-electron chi connectivity index (χ2n) is 4.92. The Morgan fingerprint density at radius 2 is 1.89 bits per heavy atom. The number of nitrogens with one attached hydrogen (secondary N) is 1. The number of unbranched alkanes of at least 4 members (excludes halogenated alkanes) is 1. The molecule has 0 radical (unpaired) electrons. The lowest BCUT2D eigenvalue weighted by Gasteiger charge is -2.27. The second-order valence-corrected chi connectivity index (χ2v) is 4.92. The highest BCUT2D eigenvalue weighted by Gasteiger charge is 2.28. The fourth-order valence-electron chi connectivity index (χ4n) is 2.28. The molecule has 6 heteroatoms. The maximum Gasteiger partial charge on any atom is 0.389 e. The van der Waals surface area contributed by atoms with Crippen LogP contribution < -0.4 is 11.1 Å². The standard InChI is InChI=1S/C12H21F3N2O/c13-12(14,15)7-3-4-8-17-11(18)9-5-1-2-6-10(9)16/h9-10H,1-8,16H2,(H,17,18). The van der Waals surface area contributed by atoms with Gasteiger partial charge in [-0.3, -0.25) is 4.79 Å². The lowest BCUT2D eigenvalue weighted by Crippen LogP contribution is -2.43. The van der Waals surface area contributed by atoms with E-state index in [9.17, 15) is 18.0 Å². The van der Waals surface area contributed by atoms with Crippen molar-refractivity contribution in [1.82, 2.24) is 5.32 Å². The zero-order valence-corrected chi connectivity index (χ0v) is 10.4. The number of nitrogens with two attached hydrogens (primary N) is 1. The molecule has 2 atom stereocenters. The molecule has 1 saturated carbocycles. The molecule has 1 aliphatic rings. The SMILES string of the molecule is NC1CCCCC1C(=O)NCCCCC(F)(F)F. The van der Waals surface area contributed by atoms with E-state index in [0.717, 1.165) is 25.7 Å². The molecule has 1 fully saturated rings. The molecule has 1 rings (SSSR count). The summed E-state index contributed by atoms with van der Waals surface area (Å²) < 4.78 is 35.6. The first-order valence-electron chi connectivity index (χ1n) is 6.50. The molecule has 0 bridgehead atoms. The number of hydrogen-bond donors (Lipinski definition) is 2. The zero-order valence-electron chi connectivity index (χ0n) is 10.4. The largest absolute Gasteiger partial charge is 0.389 e. The molecule has 0 heterocycles. The third-order valence-electron chi connectivity index (χ3n) is 3.34. The number of halogens is 3. The van der Waals surface area contributed by atoms with E-state index in [1.54, 1.807) is 0 Å². The molecule has 0 spiro atoms. The van der Waals surface area contributed by atoms with Crippen LogP contribution in [0.5, 0.6) is 0 Å². The van der Waals surface area contributed by atoms with E-state index >= 15 is 0 Å². The van der Waals surface area contributed by atoms with Gasteiger partial charge in [0, 0.05) is 19.0 Å². The molecule has 1 aliphatic carbocycles. The smallest absolute Gasteiger partial charge is 0.356 e. The monoisotopic (exact) mass is 266 g/mol. The van der Waals surface area contributed by atoms with Gasteiger partial charge in [-0.25, -0.2) is 0 Å². The fraction of sp³-hybridized carbons (Fsp3) is 0.917. The van der Waals surface area contributed by atoms with E-state index < -0.39 is 12.6 Å². The van der Waals surface area contributed by atoms with Crippen molar-refractivity contribution in [2.24, 2.45) is 11.7 Å². The number of alkyl halides is 3. The molecule has 0 aromatic carbocycles. The second kappa shape index (κ2) is 6.97. The Hall–Kier alpha value is -0.780. The van der Waals surface area contributed by atoms with Crippen LogP contribution in [0.2, 0.25) is 0 Å². The van der Waals surface area contributed by atoms with Crippen molar-refractivity contribution in [2.75, 3.05) is 6.54 Å². The van der Waals surface area contributed by atoms with Crippen LogP contribution in [0.4, 0.5) is 13.2 Å². The highest BCUT2D eigenvalue weighted by molar-refractivity contribution is 5.79. The van der Waals surface area contributed by atoms with E-state index in [0.29, 0.717) is 13.0 Å². The van der Waals surface area contributed by atoms with Crippen LogP contribution in [-0.2, 0) is 4.79 Å². The number of carbonyl (C=O) groups is 1. The Labute approximate surface area is 105 Å².